The maximum Gasteiger partial charge on any atom is 0.201 e. The molecule has 0 aliphatic heterocycles. The zero-order chi connectivity index (χ0) is 15.0. The van der Waals surface area contributed by atoms with Crippen LogP contribution in [0.4, 0.5) is 5.95 Å². The van der Waals surface area contributed by atoms with Gasteiger partial charge in [-0.15, -0.1) is 0 Å². The molecule has 2 aromatic rings. The van der Waals surface area contributed by atoms with Gasteiger partial charge in [0.15, 0.2) is 11.5 Å². The molecule has 0 radical (unpaired) electrons. The fourth-order valence-electron chi connectivity index (χ4n) is 3.17. The summed E-state index contributed by atoms with van der Waals surface area (Å²) in [5.74, 6) is 1.97. The monoisotopic (exact) mass is 289 g/mol. The average molecular weight is 289 g/mol. The van der Waals surface area contributed by atoms with E-state index < -0.39 is 0 Å². The van der Waals surface area contributed by atoms with Crippen molar-refractivity contribution in [2.45, 2.75) is 39.2 Å². The van der Waals surface area contributed by atoms with Crippen LogP contribution in [0.3, 0.4) is 0 Å². The molecule has 0 amide bonds. The van der Waals surface area contributed by atoms with Gasteiger partial charge in [0.05, 0.1) is 25.3 Å². The van der Waals surface area contributed by atoms with Crippen LogP contribution in [0.15, 0.2) is 12.1 Å². The number of methoxy groups -OCH3 is 2. The molecule has 3 rings (SSSR count). The van der Waals surface area contributed by atoms with Gasteiger partial charge >= 0.3 is 0 Å². The smallest absolute Gasteiger partial charge is 0.201 e. The highest BCUT2D eigenvalue weighted by molar-refractivity contribution is 5.82. The van der Waals surface area contributed by atoms with E-state index in [1.807, 2.05) is 12.1 Å². The Balaban J connectivity index is 2.04. The summed E-state index contributed by atoms with van der Waals surface area (Å²) in [5, 5.41) is 0. The van der Waals surface area contributed by atoms with Crippen molar-refractivity contribution in [2.24, 2.45) is 5.41 Å². The molecule has 1 aliphatic carbocycles. The van der Waals surface area contributed by atoms with Gasteiger partial charge in [-0.1, -0.05) is 13.3 Å². The molecule has 0 unspecified atom stereocenters. The number of benzene rings is 1. The van der Waals surface area contributed by atoms with Gasteiger partial charge in [-0.3, -0.25) is 0 Å². The summed E-state index contributed by atoms with van der Waals surface area (Å²) in [6.07, 6.45) is 5.03. The molecule has 0 spiro atoms. The van der Waals surface area contributed by atoms with Crippen molar-refractivity contribution in [1.82, 2.24) is 9.55 Å². The standard InChI is InChI=1S/C16H23N3O2/c1-4-5-16(6-7-16)10-19-12-9-14(21-3)13(20-2)8-11(12)18-15(19)17/h8-9H,4-7,10H2,1-3H3,(H2,17,18). The lowest BCUT2D eigenvalue weighted by molar-refractivity contribution is 0.355. The number of hydrogen-bond donors (Lipinski definition) is 1. The highest BCUT2D eigenvalue weighted by Crippen LogP contribution is 2.51. The first kappa shape index (κ1) is 14.0. The SMILES string of the molecule is CCCC1(Cn2c(N)nc3cc(OC)c(OC)cc32)CC1. The largest absolute Gasteiger partial charge is 0.493 e. The van der Waals surface area contributed by atoms with Crippen molar-refractivity contribution < 1.29 is 9.47 Å². The Morgan fingerprint density at radius 1 is 1.24 bits per heavy atom. The number of aromatic nitrogens is 2. The van der Waals surface area contributed by atoms with Crippen molar-refractivity contribution in [1.29, 1.82) is 0 Å². The topological polar surface area (TPSA) is 62.3 Å². The van der Waals surface area contributed by atoms with E-state index in [1.54, 1.807) is 14.2 Å². The normalized spacial score (nSPS) is 16.1. The first-order chi connectivity index (χ1) is 10.1. The third-order valence-corrected chi connectivity index (χ3v) is 4.51. The van der Waals surface area contributed by atoms with Crippen molar-refractivity contribution >= 4 is 17.0 Å². The summed E-state index contributed by atoms with van der Waals surface area (Å²) in [7, 11) is 3.28. The number of imidazole rings is 1. The van der Waals surface area contributed by atoms with E-state index in [0.717, 1.165) is 17.6 Å². The lowest BCUT2D eigenvalue weighted by Crippen LogP contribution is -2.13. The molecule has 21 heavy (non-hydrogen) atoms. The van der Waals surface area contributed by atoms with E-state index in [9.17, 15) is 0 Å². The van der Waals surface area contributed by atoms with E-state index in [1.165, 1.54) is 25.7 Å². The van der Waals surface area contributed by atoms with Crippen molar-refractivity contribution in [3.05, 3.63) is 12.1 Å². The average Bonchev–Trinajstić information content (AvgIpc) is 3.17. The Morgan fingerprint density at radius 3 is 2.48 bits per heavy atom. The number of ether oxygens (including phenoxy) is 2. The molecule has 2 N–H and O–H groups in total. The molecule has 0 saturated heterocycles. The zero-order valence-electron chi connectivity index (χ0n) is 13.0. The Kier molecular flexibility index (Phi) is 3.43. The van der Waals surface area contributed by atoms with Crippen LogP contribution in [0.25, 0.3) is 11.0 Å². The third kappa shape index (κ3) is 2.41. The Hall–Kier alpha value is -1.91. The number of nitrogens with zero attached hydrogens (tertiary/aromatic N) is 2. The maximum atomic E-state index is 6.14. The van der Waals surface area contributed by atoms with Gasteiger partial charge in [0.2, 0.25) is 5.95 Å². The van der Waals surface area contributed by atoms with Crippen LogP contribution in [0, 0.1) is 5.41 Å². The van der Waals surface area contributed by atoms with Gasteiger partial charge in [-0.05, 0) is 24.7 Å². The predicted octanol–water partition coefficient (Wildman–Crippen LogP) is 3.22. The van der Waals surface area contributed by atoms with Crippen LogP contribution in [-0.4, -0.2) is 23.8 Å². The third-order valence-electron chi connectivity index (χ3n) is 4.51. The second kappa shape index (κ2) is 5.13. The van der Waals surface area contributed by atoms with E-state index in [4.69, 9.17) is 15.2 Å². The second-order valence-electron chi connectivity index (χ2n) is 6.00. The predicted molar refractivity (Wildman–Crippen MR) is 83.8 cm³/mol. The molecule has 1 saturated carbocycles. The molecule has 0 bridgehead atoms. The molecule has 5 nitrogen and oxygen atoms in total. The van der Waals surface area contributed by atoms with Crippen LogP contribution in [-0.2, 0) is 6.54 Å². The summed E-state index contributed by atoms with van der Waals surface area (Å²) in [5.41, 5.74) is 8.44. The summed E-state index contributed by atoms with van der Waals surface area (Å²) >= 11 is 0. The van der Waals surface area contributed by atoms with Gasteiger partial charge in [0, 0.05) is 18.7 Å². The Morgan fingerprint density at radius 2 is 1.90 bits per heavy atom. The van der Waals surface area contributed by atoms with Gasteiger partial charge < -0.3 is 19.8 Å². The minimum Gasteiger partial charge on any atom is -0.493 e. The number of nitrogens with two attached hydrogens (primary N) is 1. The second-order valence-corrected chi connectivity index (χ2v) is 6.00. The lowest BCUT2D eigenvalue weighted by atomic mass is 10.0. The van der Waals surface area contributed by atoms with Gasteiger partial charge in [0.1, 0.15) is 0 Å². The van der Waals surface area contributed by atoms with Crippen molar-refractivity contribution in [3.8, 4) is 11.5 Å². The molecule has 114 valence electrons. The van der Waals surface area contributed by atoms with Crippen molar-refractivity contribution in [3.63, 3.8) is 0 Å². The quantitative estimate of drug-likeness (QED) is 0.887. The Bertz CT molecular complexity index is 659. The highest BCUT2D eigenvalue weighted by Gasteiger charge is 2.42. The summed E-state index contributed by atoms with van der Waals surface area (Å²) in [6, 6.07) is 3.86. The fraction of sp³-hybridized carbons (Fsp3) is 0.562. The molecule has 1 aromatic heterocycles. The van der Waals surface area contributed by atoms with Gasteiger partial charge in [-0.25, -0.2) is 4.98 Å². The number of fused-ring (bicyclic) bond motifs is 1. The number of hydrogen-bond acceptors (Lipinski definition) is 4. The molecule has 1 heterocycles. The fourth-order valence-corrected chi connectivity index (χ4v) is 3.17. The first-order valence-corrected chi connectivity index (χ1v) is 7.50. The minimum absolute atomic E-state index is 0.420. The van der Waals surface area contributed by atoms with Gasteiger partial charge in [-0.2, -0.15) is 0 Å². The van der Waals surface area contributed by atoms with Crippen LogP contribution in [0.5, 0.6) is 11.5 Å². The number of rotatable bonds is 6. The first-order valence-electron chi connectivity index (χ1n) is 7.50. The van der Waals surface area contributed by atoms with Crippen LogP contribution in [0.1, 0.15) is 32.6 Å². The minimum atomic E-state index is 0.420. The number of nitrogen functional groups attached to an aromatic ring is 1. The van der Waals surface area contributed by atoms with Crippen LogP contribution in [0.2, 0.25) is 0 Å². The lowest BCUT2D eigenvalue weighted by Gasteiger charge is -2.17. The molecule has 5 heteroatoms. The van der Waals surface area contributed by atoms with Gasteiger partial charge in [0.25, 0.3) is 0 Å². The molecule has 1 aromatic carbocycles. The maximum absolute atomic E-state index is 6.14. The highest BCUT2D eigenvalue weighted by atomic mass is 16.5. The Labute approximate surface area is 125 Å². The molecule has 1 fully saturated rings. The summed E-state index contributed by atoms with van der Waals surface area (Å²) in [6.45, 7) is 3.18. The molecule has 0 atom stereocenters. The van der Waals surface area contributed by atoms with E-state index in [0.29, 0.717) is 22.9 Å². The van der Waals surface area contributed by atoms with Crippen LogP contribution >= 0.6 is 0 Å². The zero-order valence-corrected chi connectivity index (χ0v) is 13.0. The molecular formula is C16H23N3O2. The summed E-state index contributed by atoms with van der Waals surface area (Å²) < 4.78 is 12.9. The molecule has 1 aliphatic rings. The van der Waals surface area contributed by atoms with Crippen LogP contribution < -0.4 is 15.2 Å². The number of anilines is 1. The summed E-state index contributed by atoms with van der Waals surface area (Å²) in [4.78, 5) is 4.47. The van der Waals surface area contributed by atoms with E-state index >= 15 is 0 Å². The van der Waals surface area contributed by atoms with E-state index in [-0.39, 0.29) is 0 Å². The molecular weight excluding hydrogens is 266 g/mol. The van der Waals surface area contributed by atoms with Crippen molar-refractivity contribution in [2.75, 3.05) is 20.0 Å². The van der Waals surface area contributed by atoms with E-state index in [2.05, 4.69) is 16.5 Å².